The standard InChI is InChI=1S/C9H17NO3/c1-12-9(11)8(10)6-13-7-4-2-3-5-7/h7-8H,2-6,10H2,1H3/t8-/m0/s1. The zero-order chi connectivity index (χ0) is 9.68. The van der Waals surface area contributed by atoms with Crippen molar-refractivity contribution in [2.24, 2.45) is 5.73 Å². The van der Waals surface area contributed by atoms with Gasteiger partial charge in [-0.15, -0.1) is 0 Å². The Morgan fingerprint density at radius 2 is 2.15 bits per heavy atom. The molecule has 0 unspecified atom stereocenters. The van der Waals surface area contributed by atoms with Gasteiger partial charge in [0.15, 0.2) is 0 Å². The highest BCUT2D eigenvalue weighted by Crippen LogP contribution is 2.20. The van der Waals surface area contributed by atoms with Crippen molar-refractivity contribution in [1.82, 2.24) is 0 Å². The molecule has 1 fully saturated rings. The zero-order valence-electron chi connectivity index (χ0n) is 7.99. The SMILES string of the molecule is COC(=O)[C@@H](N)COC1CCCC1. The first kappa shape index (κ1) is 10.5. The van der Waals surface area contributed by atoms with Crippen LogP contribution in [0.3, 0.4) is 0 Å². The maximum Gasteiger partial charge on any atom is 0.325 e. The Balaban J connectivity index is 2.13. The summed E-state index contributed by atoms with van der Waals surface area (Å²) in [5.41, 5.74) is 5.51. The summed E-state index contributed by atoms with van der Waals surface area (Å²) in [6.45, 7) is 0.275. The lowest BCUT2D eigenvalue weighted by Crippen LogP contribution is -2.37. The first-order valence-corrected chi connectivity index (χ1v) is 4.69. The highest BCUT2D eigenvalue weighted by atomic mass is 16.5. The van der Waals surface area contributed by atoms with Crippen molar-refractivity contribution in [3.63, 3.8) is 0 Å². The molecule has 0 aromatic heterocycles. The number of hydrogen-bond donors (Lipinski definition) is 1. The van der Waals surface area contributed by atoms with Crippen LogP contribution in [0.25, 0.3) is 0 Å². The summed E-state index contributed by atoms with van der Waals surface area (Å²) in [5, 5.41) is 0. The van der Waals surface area contributed by atoms with E-state index in [9.17, 15) is 4.79 Å². The lowest BCUT2D eigenvalue weighted by Gasteiger charge is -2.14. The Morgan fingerprint density at radius 3 is 2.69 bits per heavy atom. The Bertz CT molecular complexity index is 166. The summed E-state index contributed by atoms with van der Waals surface area (Å²) in [6, 6.07) is -0.634. The fourth-order valence-electron chi connectivity index (χ4n) is 1.51. The molecular weight excluding hydrogens is 170 g/mol. The van der Waals surface area contributed by atoms with E-state index in [2.05, 4.69) is 4.74 Å². The fourth-order valence-corrected chi connectivity index (χ4v) is 1.51. The molecule has 4 heteroatoms. The van der Waals surface area contributed by atoms with Gasteiger partial charge in [-0.05, 0) is 12.8 Å². The maximum atomic E-state index is 10.9. The Kier molecular flexibility index (Phi) is 4.18. The molecule has 1 aliphatic carbocycles. The van der Waals surface area contributed by atoms with Gasteiger partial charge in [0.25, 0.3) is 0 Å². The number of nitrogens with two attached hydrogens (primary N) is 1. The number of rotatable bonds is 4. The quantitative estimate of drug-likeness (QED) is 0.649. The molecule has 0 aliphatic heterocycles. The number of ether oxygens (including phenoxy) is 2. The largest absolute Gasteiger partial charge is 0.468 e. The van der Waals surface area contributed by atoms with Gasteiger partial charge in [0.05, 0.1) is 19.8 Å². The summed E-state index contributed by atoms with van der Waals surface area (Å²) in [6.07, 6.45) is 4.92. The number of carbonyl (C=O) groups is 1. The van der Waals surface area contributed by atoms with Crippen LogP contribution in [-0.4, -0.2) is 31.8 Å². The zero-order valence-corrected chi connectivity index (χ0v) is 7.99. The number of methoxy groups -OCH3 is 1. The molecule has 0 spiro atoms. The molecule has 1 rings (SSSR count). The van der Waals surface area contributed by atoms with Crippen molar-refractivity contribution in [3.8, 4) is 0 Å². The summed E-state index contributed by atoms with van der Waals surface area (Å²) in [4.78, 5) is 10.9. The van der Waals surface area contributed by atoms with Crippen molar-refractivity contribution in [1.29, 1.82) is 0 Å². The molecule has 2 N–H and O–H groups in total. The van der Waals surface area contributed by atoms with Crippen LogP contribution in [-0.2, 0) is 14.3 Å². The lowest BCUT2D eigenvalue weighted by atomic mass is 10.3. The van der Waals surface area contributed by atoms with Crippen LogP contribution in [0.1, 0.15) is 25.7 Å². The highest BCUT2D eigenvalue weighted by molar-refractivity contribution is 5.75. The highest BCUT2D eigenvalue weighted by Gasteiger charge is 2.19. The van der Waals surface area contributed by atoms with Crippen LogP contribution >= 0.6 is 0 Å². The first-order valence-electron chi connectivity index (χ1n) is 4.69. The molecule has 1 aliphatic rings. The molecular formula is C9H17NO3. The molecule has 0 heterocycles. The van der Waals surface area contributed by atoms with Crippen molar-refractivity contribution in [2.45, 2.75) is 37.8 Å². The summed E-state index contributed by atoms with van der Waals surface area (Å²) < 4.78 is 9.95. The van der Waals surface area contributed by atoms with E-state index in [1.165, 1.54) is 20.0 Å². The third-order valence-corrected chi connectivity index (χ3v) is 2.32. The second-order valence-corrected chi connectivity index (χ2v) is 3.37. The van der Waals surface area contributed by atoms with Crippen molar-refractivity contribution < 1.29 is 14.3 Å². The van der Waals surface area contributed by atoms with Gasteiger partial charge in [0.1, 0.15) is 6.04 Å². The van der Waals surface area contributed by atoms with E-state index in [0.29, 0.717) is 6.10 Å². The van der Waals surface area contributed by atoms with Gasteiger partial charge in [-0.2, -0.15) is 0 Å². The Labute approximate surface area is 78.4 Å². The van der Waals surface area contributed by atoms with E-state index >= 15 is 0 Å². The Hall–Kier alpha value is -0.610. The van der Waals surface area contributed by atoms with E-state index in [0.717, 1.165) is 12.8 Å². The molecule has 1 saturated carbocycles. The molecule has 13 heavy (non-hydrogen) atoms. The van der Waals surface area contributed by atoms with Gasteiger partial charge in [-0.3, -0.25) is 4.79 Å². The normalized spacial score (nSPS) is 20.2. The summed E-state index contributed by atoms with van der Waals surface area (Å²) in [7, 11) is 1.33. The van der Waals surface area contributed by atoms with Gasteiger partial charge in [-0.25, -0.2) is 0 Å². The minimum absolute atomic E-state index is 0.275. The number of carbonyl (C=O) groups excluding carboxylic acids is 1. The third kappa shape index (κ3) is 3.32. The van der Waals surface area contributed by atoms with Crippen molar-refractivity contribution in [2.75, 3.05) is 13.7 Å². The molecule has 0 saturated heterocycles. The molecule has 0 amide bonds. The second kappa shape index (κ2) is 5.19. The van der Waals surface area contributed by atoms with Gasteiger partial charge < -0.3 is 15.2 Å². The van der Waals surface area contributed by atoms with Gasteiger partial charge >= 0.3 is 5.97 Å². The monoisotopic (exact) mass is 187 g/mol. The molecule has 1 atom stereocenters. The van der Waals surface area contributed by atoms with E-state index < -0.39 is 12.0 Å². The smallest absolute Gasteiger partial charge is 0.325 e. The average Bonchev–Trinajstić information content (AvgIpc) is 2.65. The van der Waals surface area contributed by atoms with Gasteiger partial charge in [0.2, 0.25) is 0 Å². The van der Waals surface area contributed by atoms with Crippen LogP contribution in [0, 0.1) is 0 Å². The lowest BCUT2D eigenvalue weighted by molar-refractivity contribution is -0.144. The van der Waals surface area contributed by atoms with Gasteiger partial charge in [-0.1, -0.05) is 12.8 Å². The first-order chi connectivity index (χ1) is 6.24. The second-order valence-electron chi connectivity index (χ2n) is 3.37. The predicted molar refractivity (Wildman–Crippen MR) is 48.2 cm³/mol. The molecule has 4 nitrogen and oxygen atoms in total. The van der Waals surface area contributed by atoms with E-state index in [1.54, 1.807) is 0 Å². The number of esters is 1. The fraction of sp³-hybridized carbons (Fsp3) is 0.889. The van der Waals surface area contributed by atoms with Crippen molar-refractivity contribution in [3.05, 3.63) is 0 Å². The summed E-state index contributed by atoms with van der Waals surface area (Å²) >= 11 is 0. The molecule has 0 bridgehead atoms. The molecule has 0 radical (unpaired) electrons. The summed E-state index contributed by atoms with van der Waals surface area (Å²) in [5.74, 6) is -0.405. The van der Waals surface area contributed by atoms with Crippen molar-refractivity contribution >= 4 is 5.97 Å². The minimum Gasteiger partial charge on any atom is -0.468 e. The van der Waals surface area contributed by atoms with E-state index in [-0.39, 0.29) is 6.61 Å². The number of hydrogen-bond acceptors (Lipinski definition) is 4. The molecule has 0 aromatic rings. The average molecular weight is 187 g/mol. The van der Waals surface area contributed by atoms with E-state index in [1.807, 2.05) is 0 Å². The van der Waals surface area contributed by atoms with Crippen LogP contribution in [0.4, 0.5) is 0 Å². The third-order valence-electron chi connectivity index (χ3n) is 2.32. The van der Waals surface area contributed by atoms with E-state index in [4.69, 9.17) is 10.5 Å². The minimum atomic E-state index is -0.634. The Morgan fingerprint density at radius 1 is 1.54 bits per heavy atom. The van der Waals surface area contributed by atoms with Crippen LogP contribution in [0.15, 0.2) is 0 Å². The van der Waals surface area contributed by atoms with Crippen LogP contribution in [0.5, 0.6) is 0 Å². The van der Waals surface area contributed by atoms with Crippen LogP contribution < -0.4 is 5.73 Å². The maximum absolute atomic E-state index is 10.9. The molecule has 76 valence electrons. The predicted octanol–water partition coefficient (Wildman–Crippen LogP) is 0.446. The molecule has 0 aromatic carbocycles. The topological polar surface area (TPSA) is 61.5 Å². The van der Waals surface area contributed by atoms with Crippen LogP contribution in [0.2, 0.25) is 0 Å². The van der Waals surface area contributed by atoms with Gasteiger partial charge in [0, 0.05) is 0 Å².